The molecule has 1 heterocycles. The van der Waals surface area contributed by atoms with Crippen LogP contribution in [-0.2, 0) is 16.1 Å². The number of methoxy groups -OCH3 is 1. The minimum atomic E-state index is -0.174. The van der Waals surface area contributed by atoms with Crippen LogP contribution in [0.15, 0.2) is 30.3 Å². The zero-order chi connectivity index (χ0) is 14.4. The van der Waals surface area contributed by atoms with Crippen molar-refractivity contribution in [1.29, 1.82) is 0 Å². The van der Waals surface area contributed by atoms with Crippen LogP contribution in [0.3, 0.4) is 0 Å². The summed E-state index contributed by atoms with van der Waals surface area (Å²) in [4.78, 5) is 13.0. The molecule has 1 aromatic heterocycles. The first-order valence-corrected chi connectivity index (χ1v) is 6.30. The van der Waals surface area contributed by atoms with Crippen LogP contribution in [0.5, 0.6) is 0 Å². The van der Waals surface area contributed by atoms with E-state index in [1.165, 1.54) is 4.80 Å². The highest BCUT2D eigenvalue weighted by molar-refractivity contribution is 5.75. The highest BCUT2D eigenvalue weighted by Crippen LogP contribution is 2.11. The number of amides is 1. The molecule has 0 saturated carbocycles. The maximum atomic E-state index is 11.7. The Bertz CT molecular complexity index is 555. The average Bonchev–Trinajstić information content (AvgIpc) is 2.88. The Kier molecular flexibility index (Phi) is 4.78. The van der Waals surface area contributed by atoms with E-state index in [1.54, 1.807) is 7.11 Å². The predicted octanol–water partition coefficient (Wildman–Crippen LogP) is 0.491. The van der Waals surface area contributed by atoms with E-state index in [9.17, 15) is 4.79 Å². The van der Waals surface area contributed by atoms with E-state index in [1.807, 2.05) is 37.3 Å². The molecule has 0 aliphatic heterocycles. The van der Waals surface area contributed by atoms with Gasteiger partial charge in [-0.05, 0) is 12.1 Å². The highest BCUT2D eigenvalue weighted by atomic mass is 16.5. The molecule has 2 aromatic rings. The molecule has 1 atom stereocenters. The van der Waals surface area contributed by atoms with Crippen LogP contribution in [0.2, 0.25) is 0 Å². The third-order valence-electron chi connectivity index (χ3n) is 2.59. The van der Waals surface area contributed by atoms with E-state index in [0.717, 1.165) is 5.56 Å². The van der Waals surface area contributed by atoms with Crippen molar-refractivity contribution < 1.29 is 9.53 Å². The zero-order valence-corrected chi connectivity index (χ0v) is 11.5. The Balaban J connectivity index is 1.95. The number of tetrazole rings is 1. The summed E-state index contributed by atoms with van der Waals surface area (Å²) in [6.07, 6.45) is 0. The van der Waals surface area contributed by atoms with Crippen LogP contribution < -0.4 is 5.32 Å². The fourth-order valence-corrected chi connectivity index (χ4v) is 1.75. The Morgan fingerprint density at radius 1 is 1.40 bits per heavy atom. The second kappa shape index (κ2) is 6.76. The lowest BCUT2D eigenvalue weighted by Crippen LogP contribution is -2.38. The van der Waals surface area contributed by atoms with Crippen LogP contribution in [0.1, 0.15) is 6.92 Å². The number of ether oxygens (including phenoxy) is 1. The van der Waals surface area contributed by atoms with E-state index < -0.39 is 0 Å². The third-order valence-corrected chi connectivity index (χ3v) is 2.59. The molecule has 7 nitrogen and oxygen atoms in total. The van der Waals surface area contributed by atoms with Crippen LogP contribution in [-0.4, -0.2) is 45.9 Å². The van der Waals surface area contributed by atoms with Gasteiger partial charge in [0.15, 0.2) is 0 Å². The molecule has 2 rings (SSSR count). The molecule has 20 heavy (non-hydrogen) atoms. The summed E-state index contributed by atoms with van der Waals surface area (Å²) in [5.74, 6) is 0.329. The summed E-state index contributed by atoms with van der Waals surface area (Å²) >= 11 is 0. The summed E-state index contributed by atoms with van der Waals surface area (Å²) < 4.78 is 4.95. The molecule has 0 spiro atoms. The number of carbonyl (C=O) groups is 1. The number of carbonyl (C=O) groups excluding carboxylic acids is 1. The largest absolute Gasteiger partial charge is 0.383 e. The zero-order valence-electron chi connectivity index (χ0n) is 11.5. The van der Waals surface area contributed by atoms with E-state index in [0.29, 0.717) is 12.4 Å². The molecule has 1 aromatic carbocycles. The lowest BCUT2D eigenvalue weighted by atomic mass is 10.2. The maximum Gasteiger partial charge on any atom is 0.243 e. The van der Waals surface area contributed by atoms with Gasteiger partial charge in [0, 0.05) is 18.7 Å². The first-order chi connectivity index (χ1) is 9.69. The minimum Gasteiger partial charge on any atom is -0.383 e. The van der Waals surface area contributed by atoms with Crippen LogP contribution in [0.25, 0.3) is 11.4 Å². The fourth-order valence-electron chi connectivity index (χ4n) is 1.75. The molecule has 1 amide bonds. The van der Waals surface area contributed by atoms with Crippen molar-refractivity contribution in [2.45, 2.75) is 19.5 Å². The van der Waals surface area contributed by atoms with Crippen molar-refractivity contribution in [2.75, 3.05) is 13.7 Å². The van der Waals surface area contributed by atoms with Gasteiger partial charge in [0.2, 0.25) is 11.7 Å². The molecule has 0 unspecified atom stereocenters. The molecule has 0 fully saturated rings. The minimum absolute atomic E-state index is 0.0356. The lowest BCUT2D eigenvalue weighted by molar-refractivity contribution is -0.123. The van der Waals surface area contributed by atoms with Gasteiger partial charge in [-0.1, -0.05) is 30.3 Å². The van der Waals surface area contributed by atoms with Gasteiger partial charge in [0.1, 0.15) is 6.54 Å². The number of nitrogens with one attached hydrogen (secondary N) is 1. The first kappa shape index (κ1) is 14.1. The maximum absolute atomic E-state index is 11.7. The topological polar surface area (TPSA) is 81.9 Å². The highest BCUT2D eigenvalue weighted by Gasteiger charge is 2.11. The van der Waals surface area contributed by atoms with Crippen molar-refractivity contribution in [3.63, 3.8) is 0 Å². The third kappa shape index (κ3) is 3.86. The van der Waals surface area contributed by atoms with Crippen LogP contribution in [0.4, 0.5) is 0 Å². The van der Waals surface area contributed by atoms with Crippen molar-refractivity contribution in [2.24, 2.45) is 0 Å². The predicted molar refractivity (Wildman–Crippen MR) is 72.7 cm³/mol. The van der Waals surface area contributed by atoms with E-state index in [-0.39, 0.29) is 18.5 Å². The van der Waals surface area contributed by atoms with Gasteiger partial charge in [0.25, 0.3) is 0 Å². The number of hydrogen-bond donors (Lipinski definition) is 1. The number of benzene rings is 1. The van der Waals surface area contributed by atoms with E-state index >= 15 is 0 Å². The second-order valence-electron chi connectivity index (χ2n) is 4.43. The fraction of sp³-hybridized carbons (Fsp3) is 0.385. The van der Waals surface area contributed by atoms with Crippen molar-refractivity contribution in [3.05, 3.63) is 30.3 Å². The smallest absolute Gasteiger partial charge is 0.243 e. The Morgan fingerprint density at radius 3 is 2.85 bits per heavy atom. The normalized spacial score (nSPS) is 12.1. The van der Waals surface area contributed by atoms with Crippen LogP contribution in [0, 0.1) is 0 Å². The molecule has 0 aliphatic rings. The Hall–Kier alpha value is -2.28. The molecular weight excluding hydrogens is 258 g/mol. The molecular formula is C13H17N5O2. The van der Waals surface area contributed by atoms with E-state index in [2.05, 4.69) is 20.7 Å². The monoisotopic (exact) mass is 275 g/mol. The Morgan fingerprint density at radius 2 is 2.15 bits per heavy atom. The van der Waals surface area contributed by atoms with Gasteiger partial charge in [0.05, 0.1) is 6.61 Å². The second-order valence-corrected chi connectivity index (χ2v) is 4.43. The van der Waals surface area contributed by atoms with Crippen molar-refractivity contribution in [1.82, 2.24) is 25.5 Å². The number of rotatable bonds is 6. The number of nitrogens with zero attached hydrogens (tertiary/aromatic N) is 4. The van der Waals surface area contributed by atoms with Crippen molar-refractivity contribution in [3.8, 4) is 11.4 Å². The van der Waals surface area contributed by atoms with Gasteiger partial charge in [-0.25, -0.2) is 0 Å². The summed E-state index contributed by atoms with van der Waals surface area (Å²) in [5, 5.41) is 14.8. The molecule has 106 valence electrons. The summed E-state index contributed by atoms with van der Waals surface area (Å²) in [6, 6.07) is 9.44. The SMILES string of the molecule is COC[C@H](C)NC(=O)Cn1nnc(-c2ccccc2)n1. The molecule has 7 heteroatoms. The summed E-state index contributed by atoms with van der Waals surface area (Å²) in [6.45, 7) is 2.37. The summed E-state index contributed by atoms with van der Waals surface area (Å²) in [5.41, 5.74) is 0.868. The number of hydrogen-bond acceptors (Lipinski definition) is 5. The standard InChI is InChI=1S/C13H17N5O2/c1-10(9-20-2)14-12(19)8-18-16-13(15-17-18)11-6-4-3-5-7-11/h3-7,10H,8-9H2,1-2H3,(H,14,19)/t10-/m0/s1. The van der Waals surface area contributed by atoms with Gasteiger partial charge in [-0.3, -0.25) is 4.79 Å². The molecule has 0 bridgehead atoms. The van der Waals surface area contributed by atoms with Gasteiger partial charge >= 0.3 is 0 Å². The molecule has 0 aliphatic carbocycles. The first-order valence-electron chi connectivity index (χ1n) is 6.30. The van der Waals surface area contributed by atoms with Gasteiger partial charge < -0.3 is 10.1 Å². The molecule has 1 N–H and O–H groups in total. The van der Waals surface area contributed by atoms with E-state index in [4.69, 9.17) is 4.74 Å². The number of aromatic nitrogens is 4. The van der Waals surface area contributed by atoms with Crippen LogP contribution >= 0.6 is 0 Å². The van der Waals surface area contributed by atoms with Gasteiger partial charge in [-0.15, -0.1) is 10.2 Å². The molecule has 0 saturated heterocycles. The van der Waals surface area contributed by atoms with Crippen molar-refractivity contribution >= 4 is 5.91 Å². The summed E-state index contributed by atoms with van der Waals surface area (Å²) in [7, 11) is 1.59. The molecule has 0 radical (unpaired) electrons. The average molecular weight is 275 g/mol. The van der Waals surface area contributed by atoms with Gasteiger partial charge in [-0.2, -0.15) is 4.80 Å². The quantitative estimate of drug-likeness (QED) is 0.829. The Labute approximate surface area is 116 Å². The lowest BCUT2D eigenvalue weighted by Gasteiger charge is -2.11.